The van der Waals surface area contributed by atoms with E-state index in [2.05, 4.69) is 10.3 Å². The van der Waals surface area contributed by atoms with Crippen LogP contribution in [0.2, 0.25) is 0 Å². The fraction of sp³-hybridized carbons (Fsp3) is 0.333. The molecular formula is C15H16FN3O. The van der Waals surface area contributed by atoms with Gasteiger partial charge >= 0.3 is 0 Å². The van der Waals surface area contributed by atoms with Crippen molar-refractivity contribution in [3.05, 3.63) is 47.4 Å². The molecule has 0 bridgehead atoms. The van der Waals surface area contributed by atoms with Crippen LogP contribution < -0.4 is 5.32 Å². The van der Waals surface area contributed by atoms with E-state index in [1.807, 2.05) is 26.8 Å². The molecule has 0 aliphatic rings. The van der Waals surface area contributed by atoms with Gasteiger partial charge in [0.05, 0.1) is 18.4 Å². The highest BCUT2D eigenvalue weighted by molar-refractivity contribution is 5.57. The second kappa shape index (κ2) is 5.33. The average Bonchev–Trinajstić information content (AvgIpc) is 2.85. The van der Waals surface area contributed by atoms with Crippen molar-refractivity contribution < 1.29 is 8.81 Å². The first-order valence-corrected chi connectivity index (χ1v) is 6.29. The summed E-state index contributed by atoms with van der Waals surface area (Å²) in [6.07, 6.45) is 1.69. The number of hydrogen-bond acceptors (Lipinski definition) is 4. The van der Waals surface area contributed by atoms with Gasteiger partial charge in [-0.25, -0.2) is 9.37 Å². The molecule has 0 saturated carbocycles. The Bertz CT molecular complexity index is 650. The van der Waals surface area contributed by atoms with Crippen LogP contribution in [0, 0.1) is 17.1 Å². The third-order valence-electron chi connectivity index (χ3n) is 2.85. The van der Waals surface area contributed by atoms with Gasteiger partial charge in [0.2, 0.25) is 5.89 Å². The average molecular weight is 273 g/mol. The van der Waals surface area contributed by atoms with E-state index in [9.17, 15) is 4.39 Å². The van der Waals surface area contributed by atoms with Gasteiger partial charge in [0.1, 0.15) is 23.2 Å². The fourth-order valence-corrected chi connectivity index (χ4v) is 1.69. The first kappa shape index (κ1) is 14.1. The predicted octanol–water partition coefficient (Wildman–Crippen LogP) is 3.59. The molecule has 104 valence electrons. The lowest BCUT2D eigenvalue weighted by atomic mass is 9.94. The molecule has 0 spiro atoms. The summed E-state index contributed by atoms with van der Waals surface area (Å²) in [7, 11) is 0. The van der Waals surface area contributed by atoms with Crippen LogP contribution in [0.1, 0.15) is 38.0 Å². The fourth-order valence-electron chi connectivity index (χ4n) is 1.69. The Morgan fingerprint density at radius 3 is 2.75 bits per heavy atom. The lowest BCUT2D eigenvalue weighted by Gasteiger charge is -2.13. The number of rotatable bonds is 3. The van der Waals surface area contributed by atoms with E-state index in [1.54, 1.807) is 18.3 Å². The summed E-state index contributed by atoms with van der Waals surface area (Å²) in [5.74, 6) is 0.748. The van der Waals surface area contributed by atoms with Crippen LogP contribution in [-0.2, 0) is 12.0 Å². The number of hydrogen-bond donors (Lipinski definition) is 1. The molecule has 2 rings (SSSR count). The van der Waals surface area contributed by atoms with Crippen LogP contribution in [0.3, 0.4) is 0 Å². The number of nitriles is 1. The number of oxazole rings is 1. The van der Waals surface area contributed by atoms with Gasteiger partial charge in [-0.05, 0) is 12.1 Å². The maximum Gasteiger partial charge on any atom is 0.213 e. The zero-order chi connectivity index (χ0) is 14.8. The number of nitrogens with one attached hydrogen (secondary N) is 1. The topological polar surface area (TPSA) is 61.9 Å². The molecule has 0 atom stereocenters. The number of halogens is 1. The van der Waals surface area contributed by atoms with Crippen molar-refractivity contribution in [2.24, 2.45) is 0 Å². The van der Waals surface area contributed by atoms with E-state index in [4.69, 9.17) is 9.68 Å². The van der Waals surface area contributed by atoms with Crippen molar-refractivity contribution in [1.29, 1.82) is 5.26 Å². The first-order chi connectivity index (χ1) is 9.41. The number of aromatic nitrogens is 1. The predicted molar refractivity (Wildman–Crippen MR) is 73.6 cm³/mol. The van der Waals surface area contributed by atoms with Crippen molar-refractivity contribution in [1.82, 2.24) is 4.98 Å². The molecule has 0 unspecified atom stereocenters. The highest BCUT2D eigenvalue weighted by Crippen LogP contribution is 2.23. The summed E-state index contributed by atoms with van der Waals surface area (Å²) in [6, 6.07) is 6.30. The third-order valence-corrected chi connectivity index (χ3v) is 2.85. The van der Waals surface area contributed by atoms with Crippen molar-refractivity contribution >= 4 is 5.69 Å². The van der Waals surface area contributed by atoms with Crippen LogP contribution in [0.4, 0.5) is 10.1 Å². The summed E-state index contributed by atoms with van der Waals surface area (Å²) < 4.78 is 19.1. The van der Waals surface area contributed by atoms with Gasteiger partial charge in [-0.3, -0.25) is 0 Å². The molecule has 0 radical (unpaired) electrons. The Morgan fingerprint density at radius 2 is 2.15 bits per heavy atom. The Labute approximate surface area is 117 Å². The van der Waals surface area contributed by atoms with E-state index in [1.165, 1.54) is 6.07 Å². The van der Waals surface area contributed by atoms with E-state index in [0.29, 0.717) is 18.1 Å². The quantitative estimate of drug-likeness (QED) is 0.928. The lowest BCUT2D eigenvalue weighted by Crippen LogP contribution is -2.09. The van der Waals surface area contributed by atoms with Crippen LogP contribution in [0.5, 0.6) is 0 Å². The SMILES string of the molecule is CC(C)(C)c1cnc(CNc2cccc(F)c2C#N)o1. The van der Waals surface area contributed by atoms with Gasteiger partial charge in [-0.2, -0.15) is 5.26 Å². The largest absolute Gasteiger partial charge is 0.443 e. The number of anilines is 1. The normalized spacial score (nSPS) is 11.2. The lowest BCUT2D eigenvalue weighted by molar-refractivity contribution is 0.385. The minimum atomic E-state index is -0.541. The van der Waals surface area contributed by atoms with Crippen LogP contribution in [0.15, 0.2) is 28.8 Å². The second-order valence-electron chi connectivity index (χ2n) is 5.50. The highest BCUT2D eigenvalue weighted by atomic mass is 19.1. The number of nitrogens with zero attached hydrogens (tertiary/aromatic N) is 2. The summed E-state index contributed by atoms with van der Waals surface area (Å²) in [5, 5.41) is 11.9. The van der Waals surface area contributed by atoms with Gasteiger partial charge in [-0.1, -0.05) is 26.8 Å². The molecule has 5 heteroatoms. The summed E-state index contributed by atoms with van der Waals surface area (Å²) in [6.45, 7) is 6.40. The van der Waals surface area contributed by atoms with Crippen molar-refractivity contribution in [2.45, 2.75) is 32.7 Å². The summed E-state index contributed by atoms with van der Waals surface area (Å²) >= 11 is 0. The van der Waals surface area contributed by atoms with E-state index < -0.39 is 5.82 Å². The molecule has 1 aromatic heterocycles. The molecule has 4 nitrogen and oxygen atoms in total. The zero-order valence-electron chi connectivity index (χ0n) is 11.7. The molecular weight excluding hydrogens is 257 g/mol. The van der Waals surface area contributed by atoms with E-state index in [-0.39, 0.29) is 11.0 Å². The highest BCUT2D eigenvalue weighted by Gasteiger charge is 2.19. The molecule has 1 aromatic carbocycles. The van der Waals surface area contributed by atoms with Gasteiger partial charge in [-0.15, -0.1) is 0 Å². The minimum Gasteiger partial charge on any atom is -0.443 e. The third kappa shape index (κ3) is 2.97. The Balaban J connectivity index is 2.12. The van der Waals surface area contributed by atoms with Crippen LogP contribution in [0.25, 0.3) is 0 Å². The molecule has 0 fully saturated rings. The van der Waals surface area contributed by atoms with Crippen molar-refractivity contribution in [3.63, 3.8) is 0 Å². The molecule has 1 N–H and O–H groups in total. The second-order valence-corrected chi connectivity index (χ2v) is 5.50. The van der Waals surface area contributed by atoms with E-state index >= 15 is 0 Å². The molecule has 0 aliphatic heterocycles. The molecule has 2 aromatic rings. The standard InChI is InChI=1S/C15H16FN3O/c1-15(2,3)13-8-19-14(20-13)9-18-12-6-4-5-11(16)10(12)7-17/h4-6,8,18H,9H2,1-3H3. The Hall–Kier alpha value is -2.35. The van der Waals surface area contributed by atoms with Crippen molar-refractivity contribution in [3.8, 4) is 6.07 Å². The molecule has 0 saturated heterocycles. The van der Waals surface area contributed by atoms with Gasteiger partial charge < -0.3 is 9.73 Å². The first-order valence-electron chi connectivity index (χ1n) is 6.29. The Kier molecular flexibility index (Phi) is 3.75. The molecule has 20 heavy (non-hydrogen) atoms. The van der Waals surface area contributed by atoms with E-state index in [0.717, 1.165) is 5.76 Å². The van der Waals surface area contributed by atoms with Crippen LogP contribution in [-0.4, -0.2) is 4.98 Å². The maximum absolute atomic E-state index is 13.4. The van der Waals surface area contributed by atoms with Crippen molar-refractivity contribution in [2.75, 3.05) is 5.32 Å². The Morgan fingerprint density at radius 1 is 1.40 bits per heavy atom. The number of benzene rings is 1. The zero-order valence-corrected chi connectivity index (χ0v) is 11.7. The minimum absolute atomic E-state index is 0.00454. The smallest absolute Gasteiger partial charge is 0.213 e. The van der Waals surface area contributed by atoms with Gasteiger partial charge in [0.25, 0.3) is 0 Å². The monoisotopic (exact) mass is 273 g/mol. The van der Waals surface area contributed by atoms with Gasteiger partial charge in [0, 0.05) is 5.41 Å². The summed E-state index contributed by atoms with van der Waals surface area (Å²) in [5.41, 5.74) is 0.320. The van der Waals surface area contributed by atoms with Crippen LogP contribution >= 0.6 is 0 Å². The molecule has 0 aliphatic carbocycles. The molecule has 0 amide bonds. The van der Waals surface area contributed by atoms with Gasteiger partial charge in [0.15, 0.2) is 0 Å². The molecule has 1 heterocycles. The summed E-state index contributed by atoms with van der Waals surface area (Å²) in [4.78, 5) is 4.17. The maximum atomic E-state index is 13.4.